The molecular formula is C59H56. The summed E-state index contributed by atoms with van der Waals surface area (Å²) in [5.74, 6) is 0.603. The summed E-state index contributed by atoms with van der Waals surface area (Å²) in [4.78, 5) is 0. The lowest BCUT2D eigenvalue weighted by molar-refractivity contribution is 0.635. The van der Waals surface area contributed by atoms with E-state index >= 15 is 0 Å². The summed E-state index contributed by atoms with van der Waals surface area (Å²) in [6, 6.07) is 44.4. The fourth-order valence-electron chi connectivity index (χ4n) is 11.1. The van der Waals surface area contributed by atoms with Crippen molar-refractivity contribution in [1.82, 2.24) is 0 Å². The topological polar surface area (TPSA) is 0 Å². The van der Waals surface area contributed by atoms with Gasteiger partial charge < -0.3 is 0 Å². The molecule has 4 aliphatic rings. The monoisotopic (exact) mass is 764 g/mol. The van der Waals surface area contributed by atoms with Gasteiger partial charge in [0, 0.05) is 16.2 Å². The largest absolute Gasteiger partial charge is 0.0808 e. The van der Waals surface area contributed by atoms with Gasteiger partial charge in [0.25, 0.3) is 0 Å². The normalized spacial score (nSPS) is 18.7. The van der Waals surface area contributed by atoms with E-state index in [1.807, 2.05) is 0 Å². The van der Waals surface area contributed by atoms with Crippen LogP contribution in [0.15, 0.2) is 151 Å². The molecule has 292 valence electrons. The van der Waals surface area contributed by atoms with E-state index in [2.05, 4.69) is 208 Å². The molecule has 6 aromatic carbocycles. The molecule has 0 radical (unpaired) electrons. The highest BCUT2D eigenvalue weighted by molar-refractivity contribution is 5.94. The molecule has 0 amide bonds. The van der Waals surface area contributed by atoms with Crippen molar-refractivity contribution >= 4 is 11.1 Å². The minimum Gasteiger partial charge on any atom is -0.0808 e. The van der Waals surface area contributed by atoms with E-state index in [1.54, 1.807) is 0 Å². The van der Waals surface area contributed by atoms with Gasteiger partial charge in [-0.3, -0.25) is 0 Å². The molecule has 0 N–H and O–H groups in total. The molecule has 0 heteroatoms. The lowest BCUT2D eigenvalue weighted by Gasteiger charge is -2.26. The highest BCUT2D eigenvalue weighted by Crippen LogP contribution is 2.57. The van der Waals surface area contributed by atoms with Crippen LogP contribution in [0.1, 0.15) is 112 Å². The third-order valence-electron chi connectivity index (χ3n) is 14.2. The number of hydrogen-bond donors (Lipinski definition) is 0. The predicted octanol–water partition coefficient (Wildman–Crippen LogP) is 15.9. The molecule has 1 atom stereocenters. The van der Waals surface area contributed by atoms with Gasteiger partial charge in [0.05, 0.1) is 0 Å². The second-order valence-electron chi connectivity index (χ2n) is 19.6. The van der Waals surface area contributed by atoms with E-state index in [9.17, 15) is 0 Å². The fourth-order valence-corrected chi connectivity index (χ4v) is 11.1. The van der Waals surface area contributed by atoms with Crippen molar-refractivity contribution in [2.45, 2.75) is 86.0 Å². The van der Waals surface area contributed by atoms with Crippen molar-refractivity contribution in [3.05, 3.63) is 201 Å². The molecule has 0 nitrogen and oxygen atoms in total. The molecule has 0 aliphatic heterocycles. The minimum absolute atomic E-state index is 0.0949. The molecule has 0 saturated heterocycles. The van der Waals surface area contributed by atoms with Crippen molar-refractivity contribution in [3.8, 4) is 44.5 Å². The first-order valence-corrected chi connectivity index (χ1v) is 21.8. The second-order valence-corrected chi connectivity index (χ2v) is 19.6. The van der Waals surface area contributed by atoms with E-state index in [4.69, 9.17) is 0 Å². The van der Waals surface area contributed by atoms with Gasteiger partial charge in [-0.05, 0) is 162 Å². The quantitative estimate of drug-likeness (QED) is 0.158. The summed E-state index contributed by atoms with van der Waals surface area (Å²) < 4.78 is 0. The number of hydrogen-bond acceptors (Lipinski definition) is 0. The van der Waals surface area contributed by atoms with Crippen LogP contribution in [-0.4, -0.2) is 0 Å². The van der Waals surface area contributed by atoms with Gasteiger partial charge >= 0.3 is 0 Å². The Balaban J connectivity index is 0.954. The Labute approximate surface area is 352 Å². The van der Waals surface area contributed by atoms with E-state index < -0.39 is 0 Å². The fraction of sp³-hybridized carbons (Fsp3) is 0.254. The average molecular weight is 765 g/mol. The van der Waals surface area contributed by atoms with Crippen molar-refractivity contribution in [3.63, 3.8) is 0 Å². The van der Waals surface area contributed by atoms with E-state index in [0.29, 0.717) is 5.92 Å². The Hall–Kier alpha value is -5.72. The van der Waals surface area contributed by atoms with E-state index in [-0.39, 0.29) is 16.2 Å². The Kier molecular flexibility index (Phi) is 8.53. The molecule has 10 rings (SSSR count). The smallest absolute Gasteiger partial charge is 0.0165 e. The maximum Gasteiger partial charge on any atom is 0.0165 e. The Bertz CT molecular complexity index is 2860. The summed E-state index contributed by atoms with van der Waals surface area (Å²) in [6.45, 7) is 21.1. The van der Waals surface area contributed by atoms with Crippen LogP contribution in [0.3, 0.4) is 0 Å². The number of rotatable bonds is 6. The van der Waals surface area contributed by atoms with Gasteiger partial charge in [-0.15, -0.1) is 0 Å². The van der Waals surface area contributed by atoms with Crippen LogP contribution in [-0.2, 0) is 17.3 Å². The van der Waals surface area contributed by atoms with Crippen LogP contribution in [0.2, 0.25) is 0 Å². The second kappa shape index (κ2) is 13.4. The molecule has 0 saturated carbocycles. The summed E-state index contributed by atoms with van der Waals surface area (Å²) in [5, 5.41) is 0. The van der Waals surface area contributed by atoms with Crippen molar-refractivity contribution in [2.75, 3.05) is 0 Å². The Morgan fingerprint density at radius 3 is 1.88 bits per heavy atom. The van der Waals surface area contributed by atoms with Crippen LogP contribution >= 0.6 is 0 Å². The summed E-state index contributed by atoms with van der Waals surface area (Å²) in [7, 11) is 0. The zero-order valence-electron chi connectivity index (χ0n) is 36.3. The molecule has 59 heavy (non-hydrogen) atoms. The van der Waals surface area contributed by atoms with Gasteiger partial charge in [0.2, 0.25) is 0 Å². The van der Waals surface area contributed by atoms with Crippen molar-refractivity contribution in [2.24, 2.45) is 11.3 Å². The third kappa shape index (κ3) is 6.01. The zero-order valence-corrected chi connectivity index (χ0v) is 36.3. The van der Waals surface area contributed by atoms with Crippen LogP contribution < -0.4 is 0 Å². The van der Waals surface area contributed by atoms with Gasteiger partial charge in [-0.1, -0.05) is 176 Å². The van der Waals surface area contributed by atoms with Crippen LogP contribution in [0.5, 0.6) is 0 Å². The van der Waals surface area contributed by atoms with Gasteiger partial charge in [-0.2, -0.15) is 0 Å². The highest BCUT2D eigenvalue weighted by atomic mass is 14.5. The molecule has 4 aliphatic carbocycles. The standard InChI is InChI=1S/C59H56/c1-36-20-24-41(25-21-36)47-18-13-19-49-51-33-54-50(32-55(51)59(8,9)56(47)49)48-29-28-43(31-53(48)58(54,6)7)46-15-11-10-14-42(46)30-39-22-26-40(27-23-39)44-16-12-17-45(38(44)3)52-35-57(4,5)34-37(52)2/h10-20,22-29,31-36H,21,30H2,1-9H3. The van der Waals surface area contributed by atoms with Crippen LogP contribution in [0.25, 0.3) is 55.7 Å². The molecular weight excluding hydrogens is 709 g/mol. The van der Waals surface area contributed by atoms with E-state index in [1.165, 1.54) is 111 Å². The maximum absolute atomic E-state index is 2.55. The van der Waals surface area contributed by atoms with Crippen LogP contribution in [0.4, 0.5) is 0 Å². The number of allylic oxidation sites excluding steroid dienone is 8. The van der Waals surface area contributed by atoms with Crippen molar-refractivity contribution < 1.29 is 0 Å². The zero-order chi connectivity index (χ0) is 41.0. The first-order valence-electron chi connectivity index (χ1n) is 21.8. The van der Waals surface area contributed by atoms with Crippen LogP contribution in [0, 0.1) is 18.3 Å². The molecule has 0 heterocycles. The van der Waals surface area contributed by atoms with E-state index in [0.717, 1.165) is 12.8 Å². The SMILES string of the molecule is CC1=CC(C)(C)C=C1c1cccc(-c2ccc(Cc3ccccc3-c3ccc4c(c3)C(C)(C)c3cc5c(cc3-4)C(C)(C)c3c(C4=CCC(C)C=C4)cccc3-5)cc2)c1C. The van der Waals surface area contributed by atoms with Gasteiger partial charge in [0.15, 0.2) is 0 Å². The minimum atomic E-state index is -0.120. The molecule has 0 spiro atoms. The Morgan fingerprint density at radius 2 is 1.17 bits per heavy atom. The molecule has 1 unspecified atom stereocenters. The third-order valence-corrected chi connectivity index (χ3v) is 14.2. The predicted molar refractivity (Wildman–Crippen MR) is 253 cm³/mol. The van der Waals surface area contributed by atoms with Crippen molar-refractivity contribution in [1.29, 1.82) is 0 Å². The molecule has 0 fully saturated rings. The lowest BCUT2D eigenvalue weighted by Crippen LogP contribution is -2.18. The lowest BCUT2D eigenvalue weighted by atomic mass is 9.77. The maximum atomic E-state index is 2.55. The first-order chi connectivity index (χ1) is 28.2. The number of fused-ring (bicyclic) bond motifs is 6. The summed E-state index contributed by atoms with van der Waals surface area (Å²) in [5.41, 5.74) is 27.3. The Morgan fingerprint density at radius 1 is 0.542 bits per heavy atom. The number of benzene rings is 6. The average Bonchev–Trinajstić information content (AvgIpc) is 3.73. The first kappa shape index (κ1) is 37.5. The molecule has 0 aromatic heterocycles. The summed E-state index contributed by atoms with van der Waals surface area (Å²) >= 11 is 0. The van der Waals surface area contributed by atoms with Gasteiger partial charge in [-0.25, -0.2) is 0 Å². The molecule has 0 bridgehead atoms. The summed E-state index contributed by atoms with van der Waals surface area (Å²) in [6.07, 6.45) is 14.0. The van der Waals surface area contributed by atoms with Gasteiger partial charge in [0.1, 0.15) is 0 Å². The highest BCUT2D eigenvalue weighted by Gasteiger charge is 2.43. The molecule has 6 aromatic rings.